The Balaban J connectivity index is 1.99. The van der Waals surface area contributed by atoms with Crippen LogP contribution < -0.4 is 15.4 Å². The fourth-order valence-electron chi connectivity index (χ4n) is 3.53. The number of carbonyl (C=O) groups is 2. The van der Waals surface area contributed by atoms with Gasteiger partial charge >= 0.3 is 0 Å². The average molecular weight is 422 g/mol. The first-order valence-electron chi connectivity index (χ1n) is 9.68. The molecule has 2 rings (SSSR count). The highest BCUT2D eigenvalue weighted by Crippen LogP contribution is 2.33. The van der Waals surface area contributed by atoms with Crippen molar-refractivity contribution in [2.45, 2.75) is 37.5 Å². The van der Waals surface area contributed by atoms with Gasteiger partial charge in [0.05, 0.1) is 23.3 Å². The van der Waals surface area contributed by atoms with Gasteiger partial charge in [-0.05, 0) is 43.0 Å². The number of benzene rings is 1. The minimum absolute atomic E-state index is 0.0712. The number of nitrogens with zero attached hydrogens (tertiary/aromatic N) is 1. The maximum atomic E-state index is 12.9. The topological polar surface area (TPSA) is 125 Å². The van der Waals surface area contributed by atoms with E-state index in [0.29, 0.717) is 25.1 Å². The normalized spacial score (nSPS) is 19.0. The lowest BCUT2D eigenvalue weighted by atomic mass is 9.80. The predicted molar refractivity (Wildman–Crippen MR) is 107 cm³/mol. The first kappa shape index (κ1) is 22.7. The second kappa shape index (κ2) is 10.8. The van der Waals surface area contributed by atoms with Gasteiger partial charge < -0.3 is 15.4 Å². The monoisotopic (exact) mass is 421 g/mol. The summed E-state index contributed by atoms with van der Waals surface area (Å²) in [6.07, 6.45) is 3.09. The van der Waals surface area contributed by atoms with Crippen LogP contribution in [0.25, 0.3) is 0 Å². The summed E-state index contributed by atoms with van der Waals surface area (Å²) in [5.41, 5.74) is 0. The fraction of sp³-hybridized carbons (Fsp3) is 0.550. The molecule has 1 aromatic carbocycles. The molecule has 2 unspecified atom stereocenters. The highest BCUT2D eigenvalue weighted by atomic mass is 32.2. The molecular weight excluding hydrogens is 394 g/mol. The van der Waals surface area contributed by atoms with Crippen molar-refractivity contribution in [2.24, 2.45) is 11.8 Å². The molecule has 1 aliphatic carbocycles. The SMILES string of the molecule is CC(=O)NCCOc1ccc(S(=O)(=O)CC2CCCCC2C(=O)NCC#N)cc1. The Kier molecular flexibility index (Phi) is 8.46. The molecule has 2 N–H and O–H groups in total. The summed E-state index contributed by atoms with van der Waals surface area (Å²) < 4.78 is 31.2. The number of ether oxygens (including phenoxy) is 1. The van der Waals surface area contributed by atoms with Crippen LogP contribution in [0.2, 0.25) is 0 Å². The summed E-state index contributed by atoms with van der Waals surface area (Å²) >= 11 is 0. The third-order valence-electron chi connectivity index (χ3n) is 4.95. The molecular formula is C20H27N3O5S. The fourth-order valence-corrected chi connectivity index (χ4v) is 5.23. The van der Waals surface area contributed by atoms with Crippen LogP contribution in [0.3, 0.4) is 0 Å². The minimum atomic E-state index is -3.56. The molecule has 0 saturated heterocycles. The lowest BCUT2D eigenvalue weighted by Crippen LogP contribution is -2.39. The summed E-state index contributed by atoms with van der Waals surface area (Å²) in [6.45, 7) is 2.00. The highest BCUT2D eigenvalue weighted by molar-refractivity contribution is 7.91. The van der Waals surface area contributed by atoms with E-state index in [4.69, 9.17) is 10.00 Å². The molecule has 8 nitrogen and oxygen atoms in total. The number of nitrogens with one attached hydrogen (secondary N) is 2. The molecule has 1 saturated carbocycles. The second-order valence-electron chi connectivity index (χ2n) is 7.11. The van der Waals surface area contributed by atoms with Gasteiger partial charge in [-0.15, -0.1) is 0 Å². The van der Waals surface area contributed by atoms with E-state index < -0.39 is 9.84 Å². The zero-order chi connectivity index (χ0) is 21.3. The van der Waals surface area contributed by atoms with Gasteiger partial charge in [-0.2, -0.15) is 5.26 Å². The van der Waals surface area contributed by atoms with E-state index in [1.807, 2.05) is 6.07 Å². The highest BCUT2D eigenvalue weighted by Gasteiger charge is 2.34. The van der Waals surface area contributed by atoms with Gasteiger partial charge in [0.2, 0.25) is 11.8 Å². The number of hydrogen-bond acceptors (Lipinski definition) is 6. The molecule has 2 atom stereocenters. The molecule has 158 valence electrons. The Bertz CT molecular complexity index is 846. The maximum absolute atomic E-state index is 12.9. The molecule has 29 heavy (non-hydrogen) atoms. The maximum Gasteiger partial charge on any atom is 0.224 e. The van der Waals surface area contributed by atoms with E-state index in [9.17, 15) is 18.0 Å². The third kappa shape index (κ3) is 7.06. The van der Waals surface area contributed by atoms with Gasteiger partial charge in [-0.25, -0.2) is 8.42 Å². The Labute approximate surface area is 171 Å². The van der Waals surface area contributed by atoms with Gasteiger partial charge in [0.25, 0.3) is 0 Å². The standard InChI is InChI=1S/C20H27N3O5S/c1-15(24)22-12-13-28-17-6-8-18(9-7-17)29(26,27)14-16-4-2-3-5-19(16)20(25)23-11-10-21/h6-9,16,19H,2-5,11-14H2,1H3,(H,22,24)(H,23,25). The van der Waals surface area contributed by atoms with Gasteiger partial charge in [0.15, 0.2) is 9.84 Å². The van der Waals surface area contributed by atoms with Crippen molar-refractivity contribution in [1.29, 1.82) is 5.26 Å². The van der Waals surface area contributed by atoms with Crippen molar-refractivity contribution in [1.82, 2.24) is 10.6 Å². The molecule has 9 heteroatoms. The number of nitriles is 1. The molecule has 0 heterocycles. The van der Waals surface area contributed by atoms with Crippen molar-refractivity contribution in [3.05, 3.63) is 24.3 Å². The van der Waals surface area contributed by atoms with Crippen LogP contribution in [0, 0.1) is 23.2 Å². The van der Waals surface area contributed by atoms with Crippen LogP contribution in [-0.2, 0) is 19.4 Å². The molecule has 0 aliphatic heterocycles. The summed E-state index contributed by atoms with van der Waals surface area (Å²) in [5.74, 6) is -0.614. The van der Waals surface area contributed by atoms with Crippen LogP contribution in [0.15, 0.2) is 29.2 Å². The summed E-state index contributed by atoms with van der Waals surface area (Å²) in [6, 6.07) is 8.03. The number of amides is 2. The lowest BCUT2D eigenvalue weighted by molar-refractivity contribution is -0.127. The van der Waals surface area contributed by atoms with E-state index in [0.717, 1.165) is 12.8 Å². The van der Waals surface area contributed by atoms with Crippen molar-refractivity contribution in [3.63, 3.8) is 0 Å². The molecule has 1 fully saturated rings. The molecule has 0 spiro atoms. The van der Waals surface area contributed by atoms with Crippen molar-refractivity contribution >= 4 is 21.7 Å². The summed E-state index contributed by atoms with van der Waals surface area (Å²) in [5, 5.41) is 13.8. The summed E-state index contributed by atoms with van der Waals surface area (Å²) in [4.78, 5) is 23.3. The van der Waals surface area contributed by atoms with Crippen molar-refractivity contribution in [3.8, 4) is 11.8 Å². The Morgan fingerprint density at radius 2 is 1.86 bits per heavy atom. The first-order chi connectivity index (χ1) is 13.8. The lowest BCUT2D eigenvalue weighted by Gasteiger charge is -2.30. The molecule has 0 bridgehead atoms. The van der Waals surface area contributed by atoms with Gasteiger partial charge in [-0.3, -0.25) is 9.59 Å². The van der Waals surface area contributed by atoms with Crippen molar-refractivity contribution < 1.29 is 22.7 Å². The molecule has 1 aliphatic rings. The van der Waals surface area contributed by atoms with Gasteiger partial charge in [0.1, 0.15) is 18.9 Å². The van der Waals surface area contributed by atoms with E-state index in [1.54, 1.807) is 12.1 Å². The largest absolute Gasteiger partial charge is 0.492 e. The molecule has 1 aromatic rings. The van der Waals surface area contributed by atoms with E-state index in [1.165, 1.54) is 19.1 Å². The number of sulfone groups is 1. The van der Waals surface area contributed by atoms with Gasteiger partial charge in [0, 0.05) is 12.8 Å². The van der Waals surface area contributed by atoms with Crippen molar-refractivity contribution in [2.75, 3.05) is 25.4 Å². The zero-order valence-electron chi connectivity index (χ0n) is 16.5. The third-order valence-corrected chi connectivity index (χ3v) is 6.81. The second-order valence-corrected chi connectivity index (χ2v) is 9.15. The quantitative estimate of drug-likeness (QED) is 0.459. The Hall–Kier alpha value is -2.60. The van der Waals surface area contributed by atoms with Gasteiger partial charge in [-0.1, -0.05) is 12.8 Å². The van der Waals surface area contributed by atoms with E-state index >= 15 is 0 Å². The number of carbonyl (C=O) groups excluding carboxylic acids is 2. The smallest absolute Gasteiger partial charge is 0.224 e. The first-order valence-corrected chi connectivity index (χ1v) is 11.3. The summed E-state index contributed by atoms with van der Waals surface area (Å²) in [7, 11) is -3.56. The van der Waals surface area contributed by atoms with Crippen LogP contribution in [0.4, 0.5) is 0 Å². The Morgan fingerprint density at radius 1 is 1.17 bits per heavy atom. The number of hydrogen-bond donors (Lipinski definition) is 2. The van der Waals surface area contributed by atoms with Crippen LogP contribution in [0.1, 0.15) is 32.6 Å². The molecule has 0 aromatic heterocycles. The zero-order valence-corrected chi connectivity index (χ0v) is 17.3. The van der Waals surface area contributed by atoms with Crippen LogP contribution >= 0.6 is 0 Å². The van der Waals surface area contributed by atoms with E-state index in [2.05, 4.69) is 10.6 Å². The predicted octanol–water partition coefficient (Wildman–Crippen LogP) is 1.42. The van der Waals surface area contributed by atoms with Crippen LogP contribution in [0.5, 0.6) is 5.75 Å². The average Bonchev–Trinajstić information content (AvgIpc) is 2.70. The number of rotatable bonds is 9. The minimum Gasteiger partial charge on any atom is -0.492 e. The molecule has 0 radical (unpaired) electrons. The van der Waals surface area contributed by atoms with Crippen LogP contribution in [-0.4, -0.2) is 45.7 Å². The molecule has 2 amide bonds. The Morgan fingerprint density at radius 3 is 2.52 bits per heavy atom. The van der Waals surface area contributed by atoms with E-state index in [-0.39, 0.29) is 47.5 Å².